The molecule has 1 aliphatic rings. The van der Waals surface area contributed by atoms with E-state index in [-0.39, 0.29) is 16.2 Å². The zero-order valence-electron chi connectivity index (χ0n) is 28.7. The molecule has 3 rings (SSSR count). The van der Waals surface area contributed by atoms with Gasteiger partial charge in [0.1, 0.15) is 0 Å². The topological polar surface area (TPSA) is 18.5 Å². The Labute approximate surface area is 261 Å². The van der Waals surface area contributed by atoms with Gasteiger partial charge in [0.05, 0.1) is 14.2 Å². The van der Waals surface area contributed by atoms with Gasteiger partial charge in [0, 0.05) is 6.61 Å². The Morgan fingerprint density at radius 2 is 1.33 bits per heavy atom. The third-order valence-corrected chi connectivity index (χ3v) is 19.8. The average Bonchev–Trinajstić information content (AvgIpc) is 2.89. The van der Waals surface area contributed by atoms with E-state index in [1.165, 1.54) is 27.1 Å². The molecule has 0 radical (unpaired) electrons. The second kappa shape index (κ2) is 13.5. The fraction of sp³-hybridized carbons (Fsp3) is 0.514. The minimum Gasteiger partial charge on any atom is -0.417 e. The molecule has 5 heteroatoms. The van der Waals surface area contributed by atoms with Crippen molar-refractivity contribution < 1.29 is 8.85 Å². The van der Waals surface area contributed by atoms with Crippen molar-refractivity contribution in [2.45, 2.75) is 117 Å². The first-order valence-electron chi connectivity index (χ1n) is 15.9. The smallest absolute Gasteiger partial charge is 0.261 e. The fourth-order valence-corrected chi connectivity index (χ4v) is 12.9. The monoisotopic (exact) mass is 618 g/mol. The molecule has 2 nitrogen and oxygen atoms in total. The molecular weight excluding hydrogens is 561 g/mol. The predicted molar refractivity (Wildman–Crippen MR) is 193 cm³/mol. The fourth-order valence-electron chi connectivity index (χ4n) is 5.79. The second-order valence-corrected chi connectivity index (χ2v) is 29.8. The van der Waals surface area contributed by atoms with Crippen molar-refractivity contribution in [3.8, 4) is 0 Å². The number of rotatable bonds is 10. The molecule has 0 bridgehead atoms. The molecule has 0 spiro atoms. The van der Waals surface area contributed by atoms with E-state index in [9.17, 15) is 0 Å². The van der Waals surface area contributed by atoms with Crippen molar-refractivity contribution >= 4 is 35.1 Å². The summed E-state index contributed by atoms with van der Waals surface area (Å²) in [6.45, 7) is 29.1. The van der Waals surface area contributed by atoms with E-state index in [0.29, 0.717) is 0 Å². The van der Waals surface area contributed by atoms with Crippen LogP contribution in [0.2, 0.25) is 42.8 Å². The Hall–Kier alpha value is -1.77. The van der Waals surface area contributed by atoms with Crippen LogP contribution < -0.4 is 10.4 Å². The molecule has 0 unspecified atom stereocenters. The third kappa shape index (κ3) is 8.44. The van der Waals surface area contributed by atoms with Crippen molar-refractivity contribution in [1.82, 2.24) is 0 Å². The summed E-state index contributed by atoms with van der Waals surface area (Å²) in [6, 6.07) is 22.1. The number of allylic oxidation sites excluding steroid dienone is 3. The Morgan fingerprint density at radius 1 is 0.810 bits per heavy atom. The van der Waals surface area contributed by atoms with Crippen LogP contribution >= 0.6 is 0 Å². The van der Waals surface area contributed by atoms with Gasteiger partial charge in [-0.05, 0) is 82.5 Å². The van der Waals surface area contributed by atoms with Gasteiger partial charge in [0.25, 0.3) is 8.32 Å². The summed E-state index contributed by atoms with van der Waals surface area (Å²) >= 11 is 0. The highest BCUT2D eigenvalue weighted by Gasteiger charge is 2.51. The highest BCUT2D eigenvalue weighted by molar-refractivity contribution is 6.99. The van der Waals surface area contributed by atoms with E-state index in [4.69, 9.17) is 8.85 Å². The quantitative estimate of drug-likeness (QED) is 0.195. The lowest BCUT2D eigenvalue weighted by Gasteiger charge is -2.45. The van der Waals surface area contributed by atoms with E-state index < -0.39 is 24.7 Å². The molecule has 2 aromatic rings. The maximum Gasteiger partial charge on any atom is 0.261 e. The lowest BCUT2D eigenvalue weighted by Crippen LogP contribution is -2.67. The molecule has 0 heterocycles. The minimum absolute atomic E-state index is 0.0376. The van der Waals surface area contributed by atoms with Gasteiger partial charge in [-0.1, -0.05) is 134 Å². The van der Waals surface area contributed by atoms with E-state index in [1.54, 1.807) is 0 Å². The maximum atomic E-state index is 7.58. The number of benzene rings is 2. The highest BCUT2D eigenvalue weighted by atomic mass is 28.4. The number of hydrogen-bond donors (Lipinski definition) is 0. The first-order valence-corrected chi connectivity index (χ1v) is 24.3. The molecule has 0 aromatic heterocycles. The van der Waals surface area contributed by atoms with Crippen LogP contribution in [0.5, 0.6) is 0 Å². The van der Waals surface area contributed by atoms with Crippen LogP contribution in [0, 0.1) is 0 Å². The lowest BCUT2D eigenvalue weighted by molar-refractivity contribution is 0.219. The maximum absolute atomic E-state index is 7.58. The zero-order chi connectivity index (χ0) is 31.4. The summed E-state index contributed by atoms with van der Waals surface area (Å²) in [4.78, 5) is 0. The first kappa shape index (κ1) is 34.7. The van der Waals surface area contributed by atoms with Crippen LogP contribution in [0.15, 0.2) is 95.2 Å². The summed E-state index contributed by atoms with van der Waals surface area (Å²) in [5.74, 6) is 0. The summed E-state index contributed by atoms with van der Waals surface area (Å²) in [7, 11) is -5.78. The molecule has 0 aliphatic heterocycles. The van der Waals surface area contributed by atoms with Crippen molar-refractivity contribution in [1.29, 1.82) is 0 Å². The first-order chi connectivity index (χ1) is 19.4. The van der Waals surface area contributed by atoms with Crippen molar-refractivity contribution in [3.05, 3.63) is 95.2 Å². The zero-order valence-corrected chi connectivity index (χ0v) is 31.7. The van der Waals surface area contributed by atoms with E-state index in [0.717, 1.165) is 25.9 Å². The van der Waals surface area contributed by atoms with Crippen LogP contribution in [0.25, 0.3) is 0 Å². The Morgan fingerprint density at radius 3 is 1.79 bits per heavy atom. The molecule has 42 heavy (non-hydrogen) atoms. The molecule has 0 amide bonds. The summed E-state index contributed by atoms with van der Waals surface area (Å²) in [5, 5.41) is 2.88. The largest absolute Gasteiger partial charge is 0.417 e. The Kier molecular flexibility index (Phi) is 11.1. The third-order valence-electron chi connectivity index (χ3n) is 9.01. The van der Waals surface area contributed by atoms with E-state index in [1.807, 2.05) is 0 Å². The van der Waals surface area contributed by atoms with Crippen LogP contribution in [-0.4, -0.2) is 37.4 Å². The van der Waals surface area contributed by atoms with Crippen LogP contribution in [0.3, 0.4) is 0 Å². The molecule has 230 valence electrons. The molecule has 1 atom stereocenters. The SMILES string of the molecule is C/C(=C\CCO[Si](C)(C)C(C)(C)C)C1=C[C@H](O[Si](c2ccccc2)(c2ccccc2)C(C)(C)C)CC/C1=C\[Si](C)(C)C. The highest BCUT2D eigenvalue weighted by Crippen LogP contribution is 2.41. The molecule has 0 saturated carbocycles. The molecular formula is C37H58O2Si3. The summed E-state index contributed by atoms with van der Waals surface area (Å²) in [5.41, 5.74) is 6.87. The Bertz CT molecular complexity index is 1210. The summed E-state index contributed by atoms with van der Waals surface area (Å²) < 4.78 is 14.1. The molecule has 0 fully saturated rings. The van der Waals surface area contributed by atoms with Gasteiger partial charge in [-0.3, -0.25) is 0 Å². The van der Waals surface area contributed by atoms with Gasteiger partial charge in [-0.2, -0.15) is 0 Å². The number of hydrogen-bond acceptors (Lipinski definition) is 2. The minimum atomic E-state index is -2.63. The van der Waals surface area contributed by atoms with Gasteiger partial charge < -0.3 is 8.85 Å². The lowest BCUT2D eigenvalue weighted by atomic mass is 9.88. The van der Waals surface area contributed by atoms with Crippen molar-refractivity contribution in [3.63, 3.8) is 0 Å². The molecule has 1 aliphatic carbocycles. The second-order valence-electron chi connectivity index (χ2n) is 15.8. The molecule has 0 N–H and O–H groups in total. The average molecular weight is 619 g/mol. The van der Waals surface area contributed by atoms with Crippen LogP contribution in [0.4, 0.5) is 0 Å². The van der Waals surface area contributed by atoms with Crippen molar-refractivity contribution in [2.75, 3.05) is 6.61 Å². The van der Waals surface area contributed by atoms with Gasteiger partial charge in [0.2, 0.25) is 0 Å². The van der Waals surface area contributed by atoms with Gasteiger partial charge in [0.15, 0.2) is 8.32 Å². The molecule has 2 aromatic carbocycles. The summed E-state index contributed by atoms with van der Waals surface area (Å²) in [6.07, 6.45) is 7.96. The van der Waals surface area contributed by atoms with Gasteiger partial charge in [-0.15, -0.1) is 0 Å². The van der Waals surface area contributed by atoms with Crippen LogP contribution in [0.1, 0.15) is 67.7 Å². The predicted octanol–water partition coefficient (Wildman–Crippen LogP) is 9.81. The standard InChI is InChI=1S/C37H58O2Si3/c1-30(20-19-27-38-41(11,12)36(2,3)4)35-28-32(26-25-31(35)29-40(8,9)10)39-42(37(5,6)7,33-21-15-13-16-22-33)34-23-17-14-18-24-34/h13-18,20-24,28-29,32H,19,25-27H2,1-12H3/b30-20+,31-29+/t32-/m1/s1. The van der Waals surface area contributed by atoms with Gasteiger partial charge in [-0.25, -0.2) is 0 Å². The van der Waals surface area contributed by atoms with E-state index >= 15 is 0 Å². The Balaban J connectivity index is 2.03. The van der Waals surface area contributed by atoms with Gasteiger partial charge >= 0.3 is 0 Å². The van der Waals surface area contributed by atoms with Crippen LogP contribution in [-0.2, 0) is 8.85 Å². The normalized spacial score (nSPS) is 18.8. The van der Waals surface area contributed by atoms with Crippen molar-refractivity contribution in [2.24, 2.45) is 0 Å². The van der Waals surface area contributed by atoms with E-state index in [2.05, 4.69) is 160 Å². The molecule has 0 saturated heterocycles.